The Morgan fingerprint density at radius 3 is 2.57 bits per heavy atom. The molecule has 0 fully saturated rings. The zero-order valence-corrected chi connectivity index (χ0v) is 18.8. The van der Waals surface area contributed by atoms with Crippen molar-refractivity contribution in [1.82, 2.24) is 0 Å². The monoisotopic (exact) mass is 475 g/mol. The Morgan fingerprint density at radius 2 is 1.77 bits per heavy atom. The topological polar surface area (TPSA) is 106 Å². The van der Waals surface area contributed by atoms with E-state index in [1.54, 1.807) is 24.3 Å². The minimum atomic E-state index is -0.682. The lowest BCUT2D eigenvalue weighted by molar-refractivity contribution is -0.147. The number of amides is 1. The second-order valence-electron chi connectivity index (χ2n) is 8.29. The average Bonchev–Trinajstić information content (AvgIpc) is 3.37. The van der Waals surface area contributed by atoms with E-state index in [1.807, 2.05) is 42.5 Å². The van der Waals surface area contributed by atoms with Gasteiger partial charge in [0.25, 0.3) is 5.91 Å². The number of aromatic hydroxyl groups is 1. The predicted molar refractivity (Wildman–Crippen MR) is 127 cm³/mol. The van der Waals surface area contributed by atoms with Gasteiger partial charge in [-0.25, -0.2) is 0 Å². The molecule has 3 aromatic carbocycles. The van der Waals surface area contributed by atoms with Crippen molar-refractivity contribution >= 4 is 11.6 Å². The summed E-state index contributed by atoms with van der Waals surface area (Å²) in [7, 11) is 0. The van der Waals surface area contributed by atoms with Gasteiger partial charge in [0.05, 0.1) is 18.9 Å². The number of carbonyl (C=O) groups is 1. The number of phenols is 1. The minimum absolute atomic E-state index is 0.0235. The van der Waals surface area contributed by atoms with E-state index in [0.29, 0.717) is 17.9 Å². The molecule has 2 aliphatic heterocycles. The number of nitrogens with one attached hydrogen (secondary N) is 1. The van der Waals surface area contributed by atoms with Gasteiger partial charge in [0, 0.05) is 12.3 Å². The molecule has 1 amide bonds. The van der Waals surface area contributed by atoms with Crippen LogP contribution in [0.1, 0.15) is 29.0 Å². The van der Waals surface area contributed by atoms with Crippen molar-refractivity contribution in [3.05, 3.63) is 95.3 Å². The van der Waals surface area contributed by atoms with Crippen LogP contribution in [0.5, 0.6) is 17.2 Å². The van der Waals surface area contributed by atoms with E-state index in [-0.39, 0.29) is 43.1 Å². The smallest absolute Gasteiger partial charge is 0.290 e. The Balaban J connectivity index is 1.36. The Bertz CT molecular complexity index is 1240. The van der Waals surface area contributed by atoms with Gasteiger partial charge in [-0.15, -0.1) is 0 Å². The molecule has 0 bridgehead atoms. The second kappa shape index (κ2) is 10.1. The third-order valence-corrected chi connectivity index (χ3v) is 5.90. The number of anilines is 1. The van der Waals surface area contributed by atoms with E-state index in [4.69, 9.17) is 18.9 Å². The van der Waals surface area contributed by atoms with Crippen LogP contribution in [0.25, 0.3) is 0 Å². The molecule has 0 spiro atoms. The molecule has 8 heteroatoms. The van der Waals surface area contributed by atoms with E-state index < -0.39 is 12.2 Å². The molecule has 0 aliphatic carbocycles. The van der Waals surface area contributed by atoms with Crippen LogP contribution >= 0.6 is 0 Å². The predicted octanol–water partition coefficient (Wildman–Crippen LogP) is 4.18. The van der Waals surface area contributed by atoms with Gasteiger partial charge >= 0.3 is 0 Å². The number of hydrogen-bond acceptors (Lipinski definition) is 7. The lowest BCUT2D eigenvalue weighted by Crippen LogP contribution is -2.29. The number of benzene rings is 3. The summed E-state index contributed by atoms with van der Waals surface area (Å²) >= 11 is 0. The fourth-order valence-electron chi connectivity index (χ4n) is 3.99. The molecule has 0 saturated carbocycles. The highest BCUT2D eigenvalue weighted by atomic mass is 16.7. The third-order valence-electron chi connectivity index (χ3n) is 5.90. The van der Waals surface area contributed by atoms with E-state index in [0.717, 1.165) is 16.7 Å². The number of phenolic OH excluding ortho intramolecular Hbond substituents is 1. The number of allylic oxidation sites excluding steroid dienone is 1. The van der Waals surface area contributed by atoms with Crippen LogP contribution in [0.15, 0.2) is 78.6 Å². The zero-order valence-electron chi connectivity index (χ0n) is 18.8. The first-order valence-corrected chi connectivity index (χ1v) is 11.3. The summed E-state index contributed by atoms with van der Waals surface area (Å²) < 4.78 is 22.9. The van der Waals surface area contributed by atoms with E-state index in [9.17, 15) is 15.0 Å². The zero-order chi connectivity index (χ0) is 24.2. The van der Waals surface area contributed by atoms with Crippen molar-refractivity contribution in [1.29, 1.82) is 0 Å². The molecule has 8 nitrogen and oxygen atoms in total. The van der Waals surface area contributed by atoms with Crippen LogP contribution in [0.3, 0.4) is 0 Å². The van der Waals surface area contributed by atoms with Gasteiger partial charge in [-0.1, -0.05) is 42.5 Å². The van der Waals surface area contributed by atoms with Crippen molar-refractivity contribution in [3.8, 4) is 17.2 Å². The molecule has 180 valence electrons. The maximum Gasteiger partial charge on any atom is 0.290 e. The summed E-state index contributed by atoms with van der Waals surface area (Å²) in [6, 6.07) is 19.6. The van der Waals surface area contributed by atoms with Crippen molar-refractivity contribution < 1.29 is 34.0 Å². The van der Waals surface area contributed by atoms with Gasteiger partial charge in [-0.05, 0) is 47.0 Å². The summed E-state index contributed by atoms with van der Waals surface area (Å²) in [4.78, 5) is 13.0. The molecule has 35 heavy (non-hydrogen) atoms. The molecule has 2 heterocycles. The molecule has 5 rings (SSSR count). The summed E-state index contributed by atoms with van der Waals surface area (Å²) in [5.41, 5.74) is 2.96. The third kappa shape index (κ3) is 5.24. The van der Waals surface area contributed by atoms with Crippen molar-refractivity contribution in [2.45, 2.75) is 31.8 Å². The second-order valence-corrected chi connectivity index (χ2v) is 8.29. The molecule has 3 aromatic rings. The first-order chi connectivity index (χ1) is 17.1. The molecule has 2 atom stereocenters. The number of fused-ring (bicyclic) bond motifs is 1. The maximum absolute atomic E-state index is 13.0. The Morgan fingerprint density at radius 1 is 1.00 bits per heavy atom. The normalized spacial score (nSPS) is 18.5. The van der Waals surface area contributed by atoms with Gasteiger partial charge < -0.3 is 34.5 Å². The molecule has 3 N–H and O–H groups in total. The number of rotatable bonds is 7. The maximum atomic E-state index is 13.0. The number of ether oxygens (including phenoxy) is 4. The van der Waals surface area contributed by atoms with Gasteiger partial charge in [-0.2, -0.15) is 0 Å². The Labute approximate surface area is 202 Å². The van der Waals surface area contributed by atoms with E-state index in [2.05, 4.69) is 5.32 Å². The number of hydrogen-bond donors (Lipinski definition) is 3. The first kappa shape index (κ1) is 22.8. The largest absolute Gasteiger partial charge is 0.506 e. The molecule has 2 aliphatic rings. The van der Waals surface area contributed by atoms with Gasteiger partial charge in [0.15, 0.2) is 17.3 Å². The molecule has 2 unspecified atom stereocenters. The quantitative estimate of drug-likeness (QED) is 0.440. The van der Waals surface area contributed by atoms with Crippen LogP contribution < -0.4 is 14.8 Å². The van der Waals surface area contributed by atoms with E-state index >= 15 is 0 Å². The molecular formula is C27H25NO7. The molecule has 0 saturated heterocycles. The SMILES string of the molecule is O=C(Nc1ccccc1O)C1=CC(c2ccc3c(c2)OCO3)CC(OCc2ccc(CO)cc2)O1. The summed E-state index contributed by atoms with van der Waals surface area (Å²) in [5, 5.41) is 22.0. The Hall–Kier alpha value is -4.01. The van der Waals surface area contributed by atoms with Crippen LogP contribution in [-0.2, 0) is 27.5 Å². The lowest BCUT2D eigenvalue weighted by atomic mass is 9.92. The standard InChI is InChI=1S/C27H25NO7/c29-14-17-5-7-18(8-6-17)15-32-26-13-20(19-9-10-23-24(11-19)34-16-33-23)12-25(35-26)27(31)28-21-3-1-2-4-22(21)30/h1-12,20,26,29-30H,13-16H2,(H,28,31). The molecule has 0 radical (unpaired) electrons. The number of aliphatic hydroxyl groups excluding tert-OH is 1. The fourth-order valence-corrected chi connectivity index (χ4v) is 3.99. The van der Waals surface area contributed by atoms with Crippen molar-refractivity contribution in [2.75, 3.05) is 12.1 Å². The highest BCUT2D eigenvalue weighted by molar-refractivity contribution is 6.03. The van der Waals surface area contributed by atoms with Crippen LogP contribution in [0.4, 0.5) is 5.69 Å². The van der Waals surface area contributed by atoms with E-state index in [1.165, 1.54) is 6.07 Å². The lowest BCUT2D eigenvalue weighted by Gasteiger charge is -2.29. The van der Waals surface area contributed by atoms with Crippen LogP contribution in [-0.4, -0.2) is 29.2 Å². The van der Waals surface area contributed by atoms with Gasteiger partial charge in [0.1, 0.15) is 5.75 Å². The summed E-state index contributed by atoms with van der Waals surface area (Å²) in [5.74, 6) is 0.736. The summed E-state index contributed by atoms with van der Waals surface area (Å²) in [6.45, 7) is 0.431. The van der Waals surface area contributed by atoms with Crippen LogP contribution in [0, 0.1) is 0 Å². The Kier molecular flexibility index (Phi) is 6.56. The highest BCUT2D eigenvalue weighted by Gasteiger charge is 2.30. The van der Waals surface area contributed by atoms with Gasteiger partial charge in [0.2, 0.25) is 13.1 Å². The van der Waals surface area contributed by atoms with Gasteiger partial charge in [-0.3, -0.25) is 4.79 Å². The number of carbonyl (C=O) groups excluding carboxylic acids is 1. The number of aliphatic hydroxyl groups is 1. The minimum Gasteiger partial charge on any atom is -0.506 e. The molecular weight excluding hydrogens is 450 g/mol. The molecule has 0 aromatic heterocycles. The van der Waals surface area contributed by atoms with Crippen molar-refractivity contribution in [2.24, 2.45) is 0 Å². The first-order valence-electron chi connectivity index (χ1n) is 11.3. The van der Waals surface area contributed by atoms with Crippen LogP contribution in [0.2, 0.25) is 0 Å². The summed E-state index contributed by atoms with van der Waals surface area (Å²) in [6.07, 6.45) is 1.56. The highest BCUT2D eigenvalue weighted by Crippen LogP contribution is 2.38. The number of para-hydroxylation sites is 2. The fraction of sp³-hybridized carbons (Fsp3) is 0.222. The average molecular weight is 475 g/mol. The van der Waals surface area contributed by atoms with Crippen molar-refractivity contribution in [3.63, 3.8) is 0 Å².